The Balaban J connectivity index is 2.89. The van der Waals surface area contributed by atoms with Gasteiger partial charge in [0.25, 0.3) is 0 Å². The van der Waals surface area contributed by atoms with Crippen LogP contribution in [0.15, 0.2) is 23.1 Å². The van der Waals surface area contributed by atoms with E-state index in [4.69, 9.17) is 5.26 Å². The molecule has 0 spiro atoms. The number of rotatable bonds is 5. The predicted octanol–water partition coefficient (Wildman–Crippen LogP) is 0.539. The van der Waals surface area contributed by atoms with Gasteiger partial charge in [-0.3, -0.25) is 4.79 Å². The van der Waals surface area contributed by atoms with Gasteiger partial charge in [0.15, 0.2) is 0 Å². The van der Waals surface area contributed by atoms with Gasteiger partial charge in [-0.25, -0.2) is 12.8 Å². The Bertz CT molecular complexity index is 622. The van der Waals surface area contributed by atoms with Gasteiger partial charge in [0.1, 0.15) is 18.4 Å². The summed E-state index contributed by atoms with van der Waals surface area (Å²) in [5, 5.41) is 8.62. The van der Waals surface area contributed by atoms with Crippen molar-refractivity contribution in [3.8, 4) is 6.07 Å². The SMILES string of the molecule is CCOC(=O)CNS(=O)(=O)c1ccc(F)c(C#N)c1. The number of hydrogen-bond donors (Lipinski definition) is 1. The molecule has 0 atom stereocenters. The van der Waals surface area contributed by atoms with Crippen LogP contribution in [0.1, 0.15) is 12.5 Å². The van der Waals surface area contributed by atoms with E-state index < -0.39 is 28.4 Å². The summed E-state index contributed by atoms with van der Waals surface area (Å²) in [5.74, 6) is -1.54. The zero-order valence-electron chi connectivity index (χ0n) is 10.0. The molecule has 1 aromatic rings. The van der Waals surface area contributed by atoms with Gasteiger partial charge in [0, 0.05) is 0 Å². The topological polar surface area (TPSA) is 96.3 Å². The highest BCUT2D eigenvalue weighted by Gasteiger charge is 2.17. The van der Waals surface area contributed by atoms with Crippen LogP contribution in [0, 0.1) is 17.1 Å². The van der Waals surface area contributed by atoms with E-state index in [1.54, 1.807) is 6.92 Å². The molecule has 1 rings (SSSR count). The van der Waals surface area contributed by atoms with E-state index in [2.05, 4.69) is 4.74 Å². The molecule has 19 heavy (non-hydrogen) atoms. The molecule has 0 radical (unpaired) electrons. The lowest BCUT2D eigenvalue weighted by Gasteiger charge is -2.06. The quantitative estimate of drug-likeness (QED) is 0.797. The van der Waals surface area contributed by atoms with Gasteiger partial charge in [0.2, 0.25) is 10.0 Å². The lowest BCUT2D eigenvalue weighted by Crippen LogP contribution is -2.30. The summed E-state index contributed by atoms with van der Waals surface area (Å²) >= 11 is 0. The van der Waals surface area contributed by atoms with E-state index in [0.29, 0.717) is 0 Å². The number of esters is 1. The van der Waals surface area contributed by atoms with Crippen molar-refractivity contribution in [2.75, 3.05) is 13.2 Å². The smallest absolute Gasteiger partial charge is 0.321 e. The van der Waals surface area contributed by atoms with Gasteiger partial charge < -0.3 is 4.74 Å². The first-order valence-electron chi connectivity index (χ1n) is 5.25. The second-order valence-corrected chi connectivity index (χ2v) is 5.15. The molecule has 8 heteroatoms. The van der Waals surface area contributed by atoms with Crippen LogP contribution in [0.5, 0.6) is 0 Å². The molecule has 102 valence electrons. The zero-order valence-corrected chi connectivity index (χ0v) is 10.8. The van der Waals surface area contributed by atoms with Crippen molar-refractivity contribution in [1.82, 2.24) is 4.72 Å². The highest BCUT2D eigenvalue weighted by molar-refractivity contribution is 7.89. The van der Waals surface area contributed by atoms with Gasteiger partial charge in [-0.15, -0.1) is 0 Å². The summed E-state index contributed by atoms with van der Waals surface area (Å²) in [5.41, 5.74) is -0.390. The number of nitrogens with one attached hydrogen (secondary N) is 1. The van der Waals surface area contributed by atoms with Gasteiger partial charge in [-0.2, -0.15) is 9.98 Å². The normalized spacial score (nSPS) is 10.8. The lowest BCUT2D eigenvalue weighted by atomic mass is 10.2. The first-order chi connectivity index (χ1) is 8.90. The Hall–Kier alpha value is -1.98. The molecule has 0 saturated carbocycles. The summed E-state index contributed by atoms with van der Waals surface area (Å²) in [4.78, 5) is 10.7. The maximum Gasteiger partial charge on any atom is 0.321 e. The number of nitrogens with zero attached hydrogens (tertiary/aromatic N) is 1. The van der Waals surface area contributed by atoms with Gasteiger partial charge in [0.05, 0.1) is 17.1 Å². The highest BCUT2D eigenvalue weighted by Crippen LogP contribution is 2.14. The number of nitriles is 1. The summed E-state index contributed by atoms with van der Waals surface area (Å²) < 4.78 is 43.2. The van der Waals surface area contributed by atoms with Crippen LogP contribution < -0.4 is 4.72 Å². The molecule has 0 saturated heterocycles. The summed E-state index contributed by atoms with van der Waals surface area (Å²) in [6, 6.07) is 4.30. The van der Waals surface area contributed by atoms with E-state index in [0.717, 1.165) is 18.2 Å². The maximum atomic E-state index is 13.1. The minimum absolute atomic E-state index is 0.135. The van der Waals surface area contributed by atoms with Crippen molar-refractivity contribution < 1.29 is 22.3 Å². The average Bonchev–Trinajstić information content (AvgIpc) is 2.37. The van der Waals surface area contributed by atoms with Gasteiger partial charge in [-0.05, 0) is 25.1 Å². The van der Waals surface area contributed by atoms with Crippen molar-refractivity contribution >= 4 is 16.0 Å². The Labute approximate surface area is 109 Å². The largest absolute Gasteiger partial charge is 0.465 e. The molecule has 0 amide bonds. The third kappa shape index (κ3) is 4.01. The predicted molar refractivity (Wildman–Crippen MR) is 62.9 cm³/mol. The third-order valence-electron chi connectivity index (χ3n) is 2.08. The highest BCUT2D eigenvalue weighted by atomic mass is 32.2. The molecule has 0 bridgehead atoms. The Morgan fingerprint density at radius 1 is 1.53 bits per heavy atom. The molecule has 0 unspecified atom stereocenters. The number of carbonyl (C=O) groups is 1. The summed E-state index contributed by atoms with van der Waals surface area (Å²) in [6.45, 7) is 1.19. The van der Waals surface area contributed by atoms with E-state index >= 15 is 0 Å². The molecule has 1 aromatic carbocycles. The van der Waals surface area contributed by atoms with Crippen molar-refractivity contribution in [3.63, 3.8) is 0 Å². The minimum atomic E-state index is -3.99. The Morgan fingerprint density at radius 3 is 2.79 bits per heavy atom. The van der Waals surface area contributed by atoms with Crippen LogP contribution in [0.25, 0.3) is 0 Å². The van der Waals surface area contributed by atoms with E-state index in [1.807, 2.05) is 4.72 Å². The van der Waals surface area contributed by atoms with Crippen LogP contribution in [-0.2, 0) is 19.6 Å². The third-order valence-corrected chi connectivity index (χ3v) is 3.48. The molecule has 6 nitrogen and oxygen atoms in total. The van der Waals surface area contributed by atoms with Crippen molar-refractivity contribution in [1.29, 1.82) is 5.26 Å². The second-order valence-electron chi connectivity index (χ2n) is 3.38. The van der Waals surface area contributed by atoms with Crippen LogP contribution in [0.3, 0.4) is 0 Å². The Kier molecular flexibility index (Phi) is 4.97. The van der Waals surface area contributed by atoms with E-state index in [9.17, 15) is 17.6 Å². The molecular formula is C11H11FN2O4S. The number of hydrogen-bond acceptors (Lipinski definition) is 5. The fourth-order valence-corrected chi connectivity index (χ4v) is 2.20. The molecule has 0 aliphatic carbocycles. The molecule has 0 heterocycles. The molecule has 0 aliphatic heterocycles. The summed E-state index contributed by atoms with van der Waals surface area (Å²) in [6.07, 6.45) is 0. The maximum absolute atomic E-state index is 13.1. The molecule has 0 aliphatic rings. The molecule has 0 fully saturated rings. The van der Waals surface area contributed by atoms with Crippen LogP contribution in [-0.4, -0.2) is 27.5 Å². The lowest BCUT2D eigenvalue weighted by molar-refractivity contribution is -0.141. The minimum Gasteiger partial charge on any atom is -0.465 e. The van der Waals surface area contributed by atoms with E-state index in [1.165, 1.54) is 6.07 Å². The van der Waals surface area contributed by atoms with E-state index in [-0.39, 0.29) is 17.1 Å². The fraction of sp³-hybridized carbons (Fsp3) is 0.273. The monoisotopic (exact) mass is 286 g/mol. The number of halogens is 1. The molecule has 0 aromatic heterocycles. The zero-order chi connectivity index (χ0) is 14.5. The molecule has 1 N–H and O–H groups in total. The summed E-state index contributed by atoms with van der Waals surface area (Å²) in [7, 11) is -3.99. The number of benzene rings is 1. The first kappa shape index (κ1) is 15.1. The Morgan fingerprint density at radius 2 is 2.21 bits per heavy atom. The number of carbonyl (C=O) groups excluding carboxylic acids is 1. The van der Waals surface area contributed by atoms with Crippen LogP contribution in [0.2, 0.25) is 0 Å². The second kappa shape index (κ2) is 6.26. The van der Waals surface area contributed by atoms with Gasteiger partial charge >= 0.3 is 5.97 Å². The van der Waals surface area contributed by atoms with Gasteiger partial charge in [-0.1, -0.05) is 0 Å². The number of ether oxygens (including phenoxy) is 1. The molecular weight excluding hydrogens is 275 g/mol. The van der Waals surface area contributed by atoms with Crippen molar-refractivity contribution in [2.24, 2.45) is 0 Å². The standard InChI is InChI=1S/C11H11FN2O4S/c1-2-18-11(15)7-14-19(16,17)9-3-4-10(12)8(5-9)6-13/h3-5,14H,2,7H2,1H3. The first-order valence-corrected chi connectivity index (χ1v) is 6.74. The fourth-order valence-electron chi connectivity index (χ4n) is 1.21. The average molecular weight is 286 g/mol. The van der Waals surface area contributed by atoms with Crippen LogP contribution in [0.4, 0.5) is 4.39 Å². The van der Waals surface area contributed by atoms with Crippen LogP contribution >= 0.6 is 0 Å². The van der Waals surface area contributed by atoms with Crippen molar-refractivity contribution in [2.45, 2.75) is 11.8 Å². The van der Waals surface area contributed by atoms with Crippen molar-refractivity contribution in [3.05, 3.63) is 29.6 Å². The number of sulfonamides is 1.